The van der Waals surface area contributed by atoms with Crippen LogP contribution in [0.2, 0.25) is 0 Å². The van der Waals surface area contributed by atoms with E-state index in [2.05, 4.69) is 15.6 Å². The number of rotatable bonds is 3. The van der Waals surface area contributed by atoms with Crippen molar-refractivity contribution in [3.8, 4) is 5.75 Å². The second kappa shape index (κ2) is 6.39. The number of hydrogen-bond acceptors (Lipinski definition) is 3. The summed E-state index contributed by atoms with van der Waals surface area (Å²) in [6.45, 7) is 0.645. The number of aromatic nitrogens is 1. The van der Waals surface area contributed by atoms with Gasteiger partial charge < -0.3 is 15.4 Å². The maximum atomic E-state index is 13.4. The third-order valence-electron chi connectivity index (χ3n) is 4.21. The molecule has 2 heterocycles. The fourth-order valence-corrected chi connectivity index (χ4v) is 3.00. The molecule has 6 heteroatoms. The largest absolute Gasteiger partial charge is 0.491 e. The third kappa shape index (κ3) is 3.10. The molecule has 4 rings (SSSR count). The van der Waals surface area contributed by atoms with E-state index >= 15 is 0 Å². The van der Waals surface area contributed by atoms with Crippen LogP contribution in [0.3, 0.4) is 0 Å². The average Bonchev–Trinajstić information content (AvgIpc) is 3.02. The predicted molar refractivity (Wildman–Crippen MR) is 91.8 cm³/mol. The van der Waals surface area contributed by atoms with E-state index in [1.54, 1.807) is 12.3 Å². The van der Waals surface area contributed by atoms with Crippen LogP contribution in [-0.4, -0.2) is 17.6 Å². The number of hydrogen-bond donors (Lipinski definition) is 2. The normalized spacial score (nSPS) is 15.5. The number of carbonyl (C=O) groups excluding carboxylic acids is 1. The zero-order chi connectivity index (χ0) is 17.2. The highest BCUT2D eigenvalue weighted by molar-refractivity contribution is 5.82. The first kappa shape index (κ1) is 15.4. The van der Waals surface area contributed by atoms with Crippen molar-refractivity contribution >= 4 is 16.9 Å². The molecular formula is C19H16FN3O2. The second-order valence-electron chi connectivity index (χ2n) is 5.87. The third-order valence-corrected chi connectivity index (χ3v) is 4.21. The molecule has 0 fully saturated rings. The topological polar surface area (TPSA) is 63.2 Å². The van der Waals surface area contributed by atoms with Gasteiger partial charge in [0.05, 0.1) is 11.6 Å². The Morgan fingerprint density at radius 1 is 1.24 bits per heavy atom. The molecule has 0 spiro atoms. The second-order valence-corrected chi connectivity index (χ2v) is 5.87. The van der Waals surface area contributed by atoms with E-state index < -0.39 is 0 Å². The number of pyridine rings is 1. The molecule has 1 unspecified atom stereocenters. The Hall–Kier alpha value is -3.15. The van der Waals surface area contributed by atoms with Crippen molar-refractivity contribution in [2.24, 2.45) is 0 Å². The van der Waals surface area contributed by atoms with Gasteiger partial charge in [-0.3, -0.25) is 4.98 Å². The summed E-state index contributed by atoms with van der Waals surface area (Å²) >= 11 is 0. The highest BCUT2D eigenvalue weighted by Gasteiger charge is 2.26. The number of ether oxygens (including phenoxy) is 1. The van der Waals surface area contributed by atoms with Gasteiger partial charge in [0, 0.05) is 23.7 Å². The van der Waals surface area contributed by atoms with Gasteiger partial charge in [-0.15, -0.1) is 0 Å². The molecule has 0 saturated carbocycles. The Morgan fingerprint density at radius 3 is 3.04 bits per heavy atom. The van der Waals surface area contributed by atoms with Gasteiger partial charge in [-0.1, -0.05) is 24.3 Å². The van der Waals surface area contributed by atoms with Crippen LogP contribution in [0.4, 0.5) is 9.18 Å². The summed E-state index contributed by atoms with van der Waals surface area (Å²) in [4.78, 5) is 16.6. The van der Waals surface area contributed by atoms with Crippen molar-refractivity contribution in [1.82, 2.24) is 15.6 Å². The minimum Gasteiger partial charge on any atom is -0.491 e. The van der Waals surface area contributed by atoms with Gasteiger partial charge in [-0.25, -0.2) is 9.18 Å². The smallest absolute Gasteiger partial charge is 0.315 e. The molecule has 126 valence electrons. The van der Waals surface area contributed by atoms with E-state index in [0.717, 1.165) is 16.5 Å². The van der Waals surface area contributed by atoms with E-state index in [-0.39, 0.29) is 17.9 Å². The molecule has 0 saturated heterocycles. The summed E-state index contributed by atoms with van der Waals surface area (Å²) in [7, 11) is 0. The van der Waals surface area contributed by atoms with Gasteiger partial charge in [0.25, 0.3) is 0 Å². The maximum absolute atomic E-state index is 13.4. The minimum absolute atomic E-state index is 0.294. The quantitative estimate of drug-likeness (QED) is 0.771. The molecular weight excluding hydrogens is 321 g/mol. The van der Waals surface area contributed by atoms with E-state index in [1.165, 1.54) is 12.1 Å². The molecule has 3 aromatic rings. The van der Waals surface area contributed by atoms with Gasteiger partial charge in [0.2, 0.25) is 0 Å². The molecule has 1 atom stereocenters. The lowest BCUT2D eigenvalue weighted by Gasteiger charge is -2.13. The number of fused-ring (bicyclic) bond motifs is 2. The van der Waals surface area contributed by atoms with E-state index in [4.69, 9.17) is 4.74 Å². The monoisotopic (exact) mass is 337 g/mol. The van der Waals surface area contributed by atoms with Crippen molar-refractivity contribution in [1.29, 1.82) is 0 Å². The highest BCUT2D eigenvalue weighted by Crippen LogP contribution is 2.32. The summed E-state index contributed by atoms with van der Waals surface area (Å²) in [5.74, 6) is 0.253. The van der Waals surface area contributed by atoms with Crippen LogP contribution in [-0.2, 0) is 6.54 Å². The molecule has 1 aliphatic heterocycles. The number of nitrogens with one attached hydrogen (secondary N) is 2. The zero-order valence-corrected chi connectivity index (χ0v) is 13.3. The van der Waals surface area contributed by atoms with Crippen molar-refractivity contribution in [2.45, 2.75) is 12.6 Å². The van der Waals surface area contributed by atoms with Crippen molar-refractivity contribution in [2.75, 3.05) is 6.61 Å². The van der Waals surface area contributed by atoms with Gasteiger partial charge in [-0.2, -0.15) is 0 Å². The Balaban J connectivity index is 1.43. The van der Waals surface area contributed by atoms with Crippen LogP contribution in [0, 0.1) is 5.82 Å². The number of halogens is 1. The Morgan fingerprint density at radius 2 is 2.12 bits per heavy atom. The molecule has 2 amide bonds. The van der Waals surface area contributed by atoms with Crippen molar-refractivity contribution in [3.63, 3.8) is 0 Å². The van der Waals surface area contributed by atoms with Gasteiger partial charge >= 0.3 is 6.03 Å². The molecule has 0 aliphatic carbocycles. The number of carbonyl (C=O) groups is 1. The summed E-state index contributed by atoms with van der Waals surface area (Å²) in [5.41, 5.74) is 2.45. The van der Waals surface area contributed by atoms with E-state index in [1.807, 2.05) is 30.3 Å². The zero-order valence-electron chi connectivity index (χ0n) is 13.3. The van der Waals surface area contributed by atoms with Gasteiger partial charge in [-0.05, 0) is 29.8 Å². The SMILES string of the molecule is O=C(NCc1cccc2cccnc12)NC1COc2ccc(F)cc21. The molecule has 25 heavy (non-hydrogen) atoms. The summed E-state index contributed by atoms with van der Waals surface area (Å²) in [6.07, 6.45) is 1.73. The number of amides is 2. The molecule has 2 aromatic carbocycles. The first-order valence-electron chi connectivity index (χ1n) is 8.00. The lowest BCUT2D eigenvalue weighted by molar-refractivity contribution is 0.231. The average molecular weight is 337 g/mol. The van der Waals surface area contributed by atoms with Crippen LogP contribution in [0.5, 0.6) is 5.75 Å². The fourth-order valence-electron chi connectivity index (χ4n) is 3.00. The molecule has 2 N–H and O–H groups in total. The summed E-state index contributed by atoms with van der Waals surface area (Å²) < 4.78 is 18.9. The molecule has 5 nitrogen and oxygen atoms in total. The summed E-state index contributed by atoms with van der Waals surface area (Å²) in [6, 6.07) is 13.3. The van der Waals surface area contributed by atoms with Gasteiger partial charge in [0.15, 0.2) is 0 Å². The summed E-state index contributed by atoms with van der Waals surface area (Å²) in [5, 5.41) is 6.67. The number of nitrogens with zero attached hydrogens (tertiary/aromatic N) is 1. The lowest BCUT2D eigenvalue weighted by Crippen LogP contribution is -2.38. The number of urea groups is 1. The van der Waals surface area contributed by atoms with Crippen LogP contribution in [0.15, 0.2) is 54.7 Å². The maximum Gasteiger partial charge on any atom is 0.315 e. The predicted octanol–water partition coefficient (Wildman–Crippen LogP) is 3.31. The van der Waals surface area contributed by atoms with E-state index in [9.17, 15) is 9.18 Å². The van der Waals surface area contributed by atoms with Crippen molar-refractivity contribution < 1.29 is 13.9 Å². The highest BCUT2D eigenvalue weighted by atomic mass is 19.1. The molecule has 1 aromatic heterocycles. The standard InChI is InChI=1S/C19H16FN3O2/c20-14-6-7-17-15(9-14)16(11-25-17)23-19(24)22-10-13-4-1-3-12-5-2-8-21-18(12)13/h1-9,16H,10-11H2,(H2,22,23,24). The van der Waals surface area contributed by atoms with Crippen LogP contribution in [0.1, 0.15) is 17.2 Å². The number of para-hydroxylation sites is 1. The van der Waals surface area contributed by atoms with Crippen LogP contribution in [0.25, 0.3) is 10.9 Å². The first-order valence-corrected chi connectivity index (χ1v) is 8.00. The minimum atomic E-state index is -0.364. The van der Waals surface area contributed by atoms with E-state index in [0.29, 0.717) is 24.5 Å². The Bertz CT molecular complexity index is 940. The van der Waals surface area contributed by atoms with Crippen LogP contribution < -0.4 is 15.4 Å². The first-order chi connectivity index (χ1) is 12.2. The lowest BCUT2D eigenvalue weighted by atomic mass is 10.1. The molecule has 0 radical (unpaired) electrons. The fraction of sp³-hybridized carbons (Fsp3) is 0.158. The Labute approximate surface area is 143 Å². The molecule has 0 bridgehead atoms. The number of benzene rings is 2. The molecule has 1 aliphatic rings. The van der Waals surface area contributed by atoms with Gasteiger partial charge in [0.1, 0.15) is 18.2 Å². The Kier molecular flexibility index (Phi) is 3.93. The van der Waals surface area contributed by atoms with Crippen LogP contribution >= 0.6 is 0 Å². The van der Waals surface area contributed by atoms with Crippen molar-refractivity contribution in [3.05, 3.63) is 71.7 Å².